The van der Waals surface area contributed by atoms with Gasteiger partial charge < -0.3 is 19.4 Å². The van der Waals surface area contributed by atoms with Crippen LogP contribution in [-0.2, 0) is 27.9 Å². The lowest BCUT2D eigenvalue weighted by molar-refractivity contribution is -0.870. The van der Waals surface area contributed by atoms with Crippen LogP contribution in [0.3, 0.4) is 0 Å². The summed E-state index contributed by atoms with van der Waals surface area (Å²) in [6.07, 6.45) is 64.3. The smallest absolute Gasteiger partial charge is 0.456 e. The van der Waals surface area contributed by atoms with Gasteiger partial charge in [-0.2, -0.15) is 0 Å². The van der Waals surface area contributed by atoms with Crippen molar-refractivity contribution < 1.29 is 37.3 Å². The second-order valence-corrected chi connectivity index (χ2v) is 24.1. The zero-order valence-corrected chi connectivity index (χ0v) is 50.0. The average molecular weight is 1050 g/mol. The number of phosphoric acid groups is 1. The highest BCUT2D eigenvalue weighted by Crippen LogP contribution is 2.43. The van der Waals surface area contributed by atoms with E-state index < -0.39 is 20.0 Å². The number of unbranched alkanes of at least 4 members (excludes halogenated alkanes) is 38. The van der Waals surface area contributed by atoms with Crippen molar-refractivity contribution in [3.63, 3.8) is 0 Å². The van der Waals surface area contributed by atoms with E-state index in [2.05, 4.69) is 50.4 Å². The number of hydrogen-bond donors (Lipinski definition) is 2. The normalized spacial score (nSPS) is 13.9. The number of nitrogens with one attached hydrogen (secondary N) is 1. The number of rotatable bonds is 57. The van der Waals surface area contributed by atoms with Gasteiger partial charge in [0.15, 0.2) is 0 Å². The van der Waals surface area contributed by atoms with Crippen LogP contribution >= 0.6 is 7.82 Å². The third-order valence-corrected chi connectivity index (χ3v) is 15.1. The first-order valence-electron chi connectivity index (χ1n) is 31.3. The van der Waals surface area contributed by atoms with Gasteiger partial charge in [0.1, 0.15) is 19.3 Å². The maximum absolute atomic E-state index is 13.5. The molecule has 0 aromatic heterocycles. The predicted octanol–water partition coefficient (Wildman–Crippen LogP) is 19.1. The van der Waals surface area contributed by atoms with Gasteiger partial charge in [0.25, 0.3) is 0 Å². The molecule has 0 spiro atoms. The molecule has 430 valence electrons. The topological polar surface area (TPSA) is 111 Å². The van der Waals surface area contributed by atoms with Gasteiger partial charge in [-0.1, -0.05) is 269 Å². The molecule has 73 heavy (non-hydrogen) atoms. The SMILES string of the molecule is CCCCC/C=C/C=C/CCCCCCCCC(=O)OC(/C=C/CCCCCCCCCCC)C(COP(=O)(O)OCC[N+](C)(C)C)NC(=O)CCCCCCCCCCCCCCCCCCCCCCC. The quantitative estimate of drug-likeness (QED) is 0.0156. The molecular formula is C63H122N2O7P+. The molecule has 0 bridgehead atoms. The van der Waals surface area contributed by atoms with E-state index in [0.29, 0.717) is 17.4 Å². The van der Waals surface area contributed by atoms with Crippen LogP contribution in [0.4, 0.5) is 0 Å². The Morgan fingerprint density at radius 1 is 0.479 bits per heavy atom. The Kier molecular flexibility index (Phi) is 52.3. The Balaban J connectivity index is 5.16. The number of likely N-dealkylation sites (N-methyl/N-ethyl adjacent to an activating group) is 1. The Morgan fingerprint density at radius 3 is 1.23 bits per heavy atom. The summed E-state index contributed by atoms with van der Waals surface area (Å²) in [5, 5.41) is 3.06. The van der Waals surface area contributed by atoms with Gasteiger partial charge in [-0.15, -0.1) is 0 Å². The highest BCUT2D eigenvalue weighted by atomic mass is 31.2. The van der Waals surface area contributed by atoms with Crippen molar-refractivity contribution >= 4 is 19.7 Å². The van der Waals surface area contributed by atoms with E-state index in [1.54, 1.807) is 0 Å². The number of quaternary nitrogens is 1. The van der Waals surface area contributed by atoms with Gasteiger partial charge >= 0.3 is 13.8 Å². The monoisotopic (exact) mass is 1050 g/mol. The highest BCUT2D eigenvalue weighted by molar-refractivity contribution is 7.47. The van der Waals surface area contributed by atoms with E-state index in [4.69, 9.17) is 13.8 Å². The number of esters is 1. The Labute approximate surface area is 453 Å². The Hall–Kier alpha value is -1.77. The van der Waals surface area contributed by atoms with E-state index in [0.717, 1.165) is 77.0 Å². The van der Waals surface area contributed by atoms with E-state index in [1.165, 1.54) is 193 Å². The summed E-state index contributed by atoms with van der Waals surface area (Å²) in [6.45, 7) is 7.00. The lowest BCUT2D eigenvalue weighted by Crippen LogP contribution is -2.47. The minimum atomic E-state index is -4.44. The van der Waals surface area contributed by atoms with E-state index >= 15 is 0 Å². The van der Waals surface area contributed by atoms with Gasteiger partial charge in [0.2, 0.25) is 5.91 Å². The average Bonchev–Trinajstić information content (AvgIpc) is 3.35. The molecule has 0 aromatic rings. The molecule has 2 N–H and O–H groups in total. The molecule has 1 amide bonds. The van der Waals surface area contributed by atoms with Gasteiger partial charge in [0.05, 0.1) is 33.8 Å². The molecule has 0 aliphatic carbocycles. The van der Waals surface area contributed by atoms with E-state index in [1.807, 2.05) is 33.3 Å². The van der Waals surface area contributed by atoms with Gasteiger partial charge in [-0.3, -0.25) is 18.6 Å². The number of nitrogens with zero attached hydrogens (tertiary/aromatic N) is 1. The summed E-state index contributed by atoms with van der Waals surface area (Å²) >= 11 is 0. The third kappa shape index (κ3) is 54.8. The number of allylic oxidation sites excluding steroid dienone is 5. The van der Waals surface area contributed by atoms with Crippen LogP contribution in [-0.4, -0.2) is 74.3 Å². The first-order valence-corrected chi connectivity index (χ1v) is 32.8. The molecule has 0 radical (unpaired) electrons. The summed E-state index contributed by atoms with van der Waals surface area (Å²) < 4.78 is 30.7. The number of carbonyl (C=O) groups excluding carboxylic acids is 2. The van der Waals surface area contributed by atoms with Crippen LogP contribution in [0.15, 0.2) is 36.5 Å². The van der Waals surface area contributed by atoms with Crippen LogP contribution in [0.25, 0.3) is 0 Å². The highest BCUT2D eigenvalue weighted by Gasteiger charge is 2.30. The maximum Gasteiger partial charge on any atom is 0.472 e. The van der Waals surface area contributed by atoms with Crippen LogP contribution in [0, 0.1) is 0 Å². The van der Waals surface area contributed by atoms with Crippen molar-refractivity contribution in [3.05, 3.63) is 36.5 Å². The Bertz CT molecular complexity index is 1350. The van der Waals surface area contributed by atoms with E-state index in [-0.39, 0.29) is 31.5 Å². The number of phosphoric ester groups is 1. The molecule has 9 nitrogen and oxygen atoms in total. The molecule has 0 rings (SSSR count). The van der Waals surface area contributed by atoms with Gasteiger partial charge in [-0.05, 0) is 57.4 Å². The molecule has 0 aliphatic rings. The fourth-order valence-corrected chi connectivity index (χ4v) is 9.96. The predicted molar refractivity (Wildman–Crippen MR) is 314 cm³/mol. The molecule has 0 saturated carbocycles. The minimum absolute atomic E-state index is 0.0404. The molecule has 0 heterocycles. The molecule has 10 heteroatoms. The van der Waals surface area contributed by atoms with Crippen molar-refractivity contribution in [3.8, 4) is 0 Å². The van der Waals surface area contributed by atoms with Crippen molar-refractivity contribution in [2.45, 2.75) is 315 Å². The number of hydrogen-bond acceptors (Lipinski definition) is 6. The maximum atomic E-state index is 13.5. The summed E-state index contributed by atoms with van der Waals surface area (Å²) in [6, 6.07) is -0.848. The standard InChI is InChI=1S/C63H121N2O7P/c1-7-10-13-16-19-22-25-27-29-30-31-32-33-34-36-37-40-43-46-49-52-55-62(66)64-60(59-71-73(68,69)70-58-57-65(4,5)6)61(54-51-48-45-42-39-24-21-18-15-12-9-3)72-63(67)56-53-50-47-44-41-38-35-28-26-23-20-17-14-11-8-2/h20,23,26,28,51,54,60-61H,7-19,21-22,24-25,27,29-50,52-53,55-59H2,1-6H3,(H-,64,66,68,69)/p+1/b23-20+,28-26+,54-51+. The lowest BCUT2D eigenvalue weighted by Gasteiger charge is -2.27. The summed E-state index contributed by atoms with van der Waals surface area (Å²) in [5.74, 6) is -0.506. The van der Waals surface area contributed by atoms with Crippen molar-refractivity contribution in [2.24, 2.45) is 0 Å². The fraction of sp³-hybridized carbons (Fsp3) is 0.873. The minimum Gasteiger partial charge on any atom is -0.456 e. The fourth-order valence-electron chi connectivity index (χ4n) is 9.23. The zero-order chi connectivity index (χ0) is 53.6. The van der Waals surface area contributed by atoms with E-state index in [9.17, 15) is 19.0 Å². The van der Waals surface area contributed by atoms with Gasteiger partial charge in [0, 0.05) is 12.8 Å². The van der Waals surface area contributed by atoms with Crippen LogP contribution in [0.1, 0.15) is 303 Å². The zero-order valence-electron chi connectivity index (χ0n) is 49.1. The Morgan fingerprint density at radius 2 is 0.822 bits per heavy atom. The third-order valence-electron chi connectivity index (χ3n) is 14.1. The second-order valence-electron chi connectivity index (χ2n) is 22.6. The molecule has 3 atom stereocenters. The van der Waals surface area contributed by atoms with Crippen LogP contribution in [0.2, 0.25) is 0 Å². The molecule has 0 aromatic carbocycles. The summed E-state index contributed by atoms with van der Waals surface area (Å²) in [7, 11) is 1.50. The second kappa shape index (κ2) is 53.6. The first-order chi connectivity index (χ1) is 35.4. The summed E-state index contributed by atoms with van der Waals surface area (Å²) in [4.78, 5) is 37.7. The number of amides is 1. The van der Waals surface area contributed by atoms with Crippen molar-refractivity contribution in [1.29, 1.82) is 0 Å². The number of ether oxygens (including phenoxy) is 1. The lowest BCUT2D eigenvalue weighted by atomic mass is 10.0. The molecule has 3 unspecified atom stereocenters. The summed E-state index contributed by atoms with van der Waals surface area (Å²) in [5.41, 5.74) is 0. The van der Waals surface area contributed by atoms with Crippen LogP contribution in [0.5, 0.6) is 0 Å². The van der Waals surface area contributed by atoms with Gasteiger partial charge in [-0.25, -0.2) is 4.57 Å². The van der Waals surface area contributed by atoms with Crippen LogP contribution < -0.4 is 5.32 Å². The van der Waals surface area contributed by atoms with Crippen molar-refractivity contribution in [2.75, 3.05) is 40.9 Å². The molecule has 0 saturated heterocycles. The number of carbonyl (C=O) groups is 2. The molecule has 0 aliphatic heterocycles. The molecular weight excluding hydrogens is 928 g/mol. The first kappa shape index (κ1) is 71.2. The van der Waals surface area contributed by atoms with Crippen molar-refractivity contribution in [1.82, 2.24) is 5.32 Å². The largest absolute Gasteiger partial charge is 0.472 e. The molecule has 0 fully saturated rings.